The van der Waals surface area contributed by atoms with Crippen LogP contribution in [0, 0.1) is 0 Å². The van der Waals surface area contributed by atoms with Gasteiger partial charge in [-0.2, -0.15) is 0 Å². The van der Waals surface area contributed by atoms with Crippen LogP contribution in [-0.2, 0) is 14.8 Å². The molecule has 0 aliphatic carbocycles. The molecule has 1 atom stereocenters. The molecule has 11 heavy (non-hydrogen) atoms. The van der Waals surface area contributed by atoms with Gasteiger partial charge in [0.15, 0.2) is 5.37 Å². The Balaban J connectivity index is 2.70. The van der Waals surface area contributed by atoms with Crippen LogP contribution in [0.25, 0.3) is 0 Å². The number of sulfonamides is 1. The molecule has 0 spiro atoms. The lowest BCUT2D eigenvalue weighted by Gasteiger charge is -2.30. The Hall–Kier alpha value is -0.170. The number of nitrogens with zero attached hydrogens (tertiary/aromatic N) is 1. The SMILES string of the molecule is CN1CCOCC1S(N)(=O)=O. The first-order valence-corrected chi connectivity index (χ1v) is 4.92. The fraction of sp³-hybridized carbons (Fsp3) is 1.00. The van der Waals surface area contributed by atoms with E-state index < -0.39 is 15.4 Å². The number of hydrogen-bond donors (Lipinski definition) is 1. The highest BCUT2D eigenvalue weighted by Gasteiger charge is 2.28. The van der Waals surface area contributed by atoms with Gasteiger partial charge in [-0.05, 0) is 7.05 Å². The minimum absolute atomic E-state index is 0.176. The van der Waals surface area contributed by atoms with Crippen LogP contribution in [0.4, 0.5) is 0 Å². The van der Waals surface area contributed by atoms with Crippen molar-refractivity contribution in [1.82, 2.24) is 4.90 Å². The molecule has 1 aliphatic heterocycles. The van der Waals surface area contributed by atoms with E-state index in [1.165, 1.54) is 0 Å². The van der Waals surface area contributed by atoms with Crippen molar-refractivity contribution in [1.29, 1.82) is 0 Å². The molecule has 0 radical (unpaired) electrons. The van der Waals surface area contributed by atoms with Gasteiger partial charge in [-0.15, -0.1) is 0 Å². The van der Waals surface area contributed by atoms with Crippen molar-refractivity contribution in [2.75, 3.05) is 26.8 Å². The van der Waals surface area contributed by atoms with Crippen LogP contribution in [-0.4, -0.2) is 45.5 Å². The Morgan fingerprint density at radius 2 is 2.27 bits per heavy atom. The standard InChI is InChI=1S/C5H12N2O3S/c1-7-2-3-10-4-5(7)11(6,8)9/h5H,2-4H2,1H3,(H2,6,8,9). The predicted molar refractivity (Wildman–Crippen MR) is 40.3 cm³/mol. The molecular weight excluding hydrogens is 168 g/mol. The molecule has 5 nitrogen and oxygen atoms in total. The fourth-order valence-corrected chi connectivity index (χ4v) is 1.90. The lowest BCUT2D eigenvalue weighted by Crippen LogP contribution is -2.49. The maximum atomic E-state index is 10.9. The van der Waals surface area contributed by atoms with Gasteiger partial charge < -0.3 is 4.74 Å². The number of rotatable bonds is 1. The van der Waals surface area contributed by atoms with Gasteiger partial charge in [0.1, 0.15) is 0 Å². The third kappa shape index (κ3) is 2.13. The van der Waals surface area contributed by atoms with Gasteiger partial charge in [-0.3, -0.25) is 4.90 Å². The molecule has 0 saturated carbocycles. The Morgan fingerprint density at radius 3 is 2.64 bits per heavy atom. The first-order valence-electron chi connectivity index (χ1n) is 3.31. The number of primary sulfonamides is 1. The molecule has 0 aromatic heterocycles. The van der Waals surface area contributed by atoms with Crippen LogP contribution in [0.5, 0.6) is 0 Å². The van der Waals surface area contributed by atoms with E-state index in [0.717, 1.165) is 0 Å². The van der Waals surface area contributed by atoms with Gasteiger partial charge in [0, 0.05) is 6.54 Å². The monoisotopic (exact) mass is 180 g/mol. The molecule has 1 saturated heterocycles. The largest absolute Gasteiger partial charge is 0.377 e. The summed E-state index contributed by atoms with van der Waals surface area (Å²) in [6.45, 7) is 1.36. The maximum absolute atomic E-state index is 10.9. The average Bonchev–Trinajstić information content (AvgIpc) is 1.86. The van der Waals surface area contributed by atoms with Crippen LogP contribution >= 0.6 is 0 Å². The minimum atomic E-state index is -3.47. The molecule has 0 bridgehead atoms. The number of likely N-dealkylation sites (N-methyl/N-ethyl adjacent to an activating group) is 1. The van der Waals surface area contributed by atoms with Crippen molar-refractivity contribution >= 4 is 10.0 Å². The van der Waals surface area contributed by atoms with Crippen molar-refractivity contribution in [2.45, 2.75) is 5.37 Å². The van der Waals surface area contributed by atoms with Gasteiger partial charge in [-0.25, -0.2) is 13.6 Å². The van der Waals surface area contributed by atoms with Crippen molar-refractivity contribution in [3.63, 3.8) is 0 Å². The summed E-state index contributed by atoms with van der Waals surface area (Å²) in [7, 11) is -1.75. The van der Waals surface area contributed by atoms with Crippen LogP contribution in [0.1, 0.15) is 0 Å². The second kappa shape index (κ2) is 3.06. The zero-order valence-corrected chi connectivity index (χ0v) is 7.17. The normalized spacial score (nSPS) is 28.7. The van der Waals surface area contributed by atoms with Gasteiger partial charge >= 0.3 is 0 Å². The highest BCUT2D eigenvalue weighted by Crippen LogP contribution is 2.07. The highest BCUT2D eigenvalue weighted by molar-refractivity contribution is 7.89. The summed E-state index contributed by atoms with van der Waals surface area (Å²) in [5.74, 6) is 0. The molecule has 0 aromatic carbocycles. The first kappa shape index (κ1) is 8.92. The van der Waals surface area contributed by atoms with E-state index >= 15 is 0 Å². The summed E-state index contributed by atoms with van der Waals surface area (Å²) in [6, 6.07) is 0. The van der Waals surface area contributed by atoms with E-state index in [4.69, 9.17) is 9.88 Å². The second-order valence-corrected chi connectivity index (χ2v) is 4.32. The molecular formula is C5H12N2O3S. The van der Waals surface area contributed by atoms with Crippen molar-refractivity contribution in [3.05, 3.63) is 0 Å². The van der Waals surface area contributed by atoms with Crippen molar-refractivity contribution < 1.29 is 13.2 Å². The van der Waals surface area contributed by atoms with Gasteiger partial charge in [0.2, 0.25) is 10.0 Å². The number of ether oxygens (including phenoxy) is 1. The van der Waals surface area contributed by atoms with Crippen LogP contribution in [0.15, 0.2) is 0 Å². The minimum Gasteiger partial charge on any atom is -0.377 e. The first-order chi connectivity index (χ1) is 5.02. The highest BCUT2D eigenvalue weighted by atomic mass is 32.2. The molecule has 0 aromatic rings. The van der Waals surface area contributed by atoms with Crippen LogP contribution in [0.2, 0.25) is 0 Å². The van der Waals surface area contributed by atoms with E-state index in [0.29, 0.717) is 13.2 Å². The summed E-state index contributed by atoms with van der Waals surface area (Å²) in [6.07, 6.45) is 0. The number of hydrogen-bond acceptors (Lipinski definition) is 4. The van der Waals surface area contributed by atoms with Crippen molar-refractivity contribution in [3.8, 4) is 0 Å². The predicted octanol–water partition coefficient (Wildman–Crippen LogP) is -1.44. The number of morpholine rings is 1. The van der Waals surface area contributed by atoms with Crippen LogP contribution < -0.4 is 5.14 Å². The summed E-state index contributed by atoms with van der Waals surface area (Å²) in [5.41, 5.74) is 0. The molecule has 1 rings (SSSR count). The van der Waals surface area contributed by atoms with E-state index in [1.807, 2.05) is 0 Å². The zero-order chi connectivity index (χ0) is 8.48. The Kier molecular flexibility index (Phi) is 2.48. The lowest BCUT2D eigenvalue weighted by molar-refractivity contribution is 0.0344. The summed E-state index contributed by atoms with van der Waals surface area (Å²) < 4.78 is 26.7. The quantitative estimate of drug-likeness (QED) is 0.536. The van der Waals surface area contributed by atoms with Gasteiger partial charge in [0.05, 0.1) is 13.2 Å². The van der Waals surface area contributed by atoms with E-state index in [-0.39, 0.29) is 6.61 Å². The average molecular weight is 180 g/mol. The Morgan fingerprint density at radius 1 is 1.64 bits per heavy atom. The molecule has 0 amide bonds. The summed E-state index contributed by atoms with van der Waals surface area (Å²) in [5, 5.41) is 4.28. The van der Waals surface area contributed by atoms with E-state index in [1.54, 1.807) is 11.9 Å². The Labute approximate surface area is 66.2 Å². The Bertz CT molecular complexity index is 226. The molecule has 6 heteroatoms. The summed E-state index contributed by atoms with van der Waals surface area (Å²) in [4.78, 5) is 1.68. The summed E-state index contributed by atoms with van der Waals surface area (Å²) >= 11 is 0. The molecule has 1 fully saturated rings. The molecule has 1 unspecified atom stereocenters. The molecule has 66 valence electrons. The topological polar surface area (TPSA) is 72.6 Å². The number of nitrogens with two attached hydrogens (primary N) is 1. The fourth-order valence-electron chi connectivity index (χ4n) is 1.01. The maximum Gasteiger partial charge on any atom is 0.227 e. The van der Waals surface area contributed by atoms with E-state index in [2.05, 4.69) is 0 Å². The molecule has 1 aliphatic rings. The van der Waals surface area contributed by atoms with Crippen LogP contribution in [0.3, 0.4) is 0 Å². The molecule has 1 heterocycles. The zero-order valence-electron chi connectivity index (χ0n) is 6.36. The third-order valence-electron chi connectivity index (χ3n) is 1.72. The van der Waals surface area contributed by atoms with Gasteiger partial charge in [-0.1, -0.05) is 0 Å². The third-order valence-corrected chi connectivity index (χ3v) is 2.97. The lowest BCUT2D eigenvalue weighted by atomic mass is 10.5. The van der Waals surface area contributed by atoms with Crippen molar-refractivity contribution in [2.24, 2.45) is 5.14 Å². The van der Waals surface area contributed by atoms with E-state index in [9.17, 15) is 8.42 Å². The smallest absolute Gasteiger partial charge is 0.227 e. The van der Waals surface area contributed by atoms with Gasteiger partial charge in [0.25, 0.3) is 0 Å². The second-order valence-electron chi connectivity index (χ2n) is 2.60. The molecule has 2 N–H and O–H groups in total.